The van der Waals surface area contributed by atoms with Crippen molar-refractivity contribution in [2.45, 2.75) is 6.92 Å². The van der Waals surface area contributed by atoms with E-state index in [1.807, 2.05) is 20.0 Å². The summed E-state index contributed by atoms with van der Waals surface area (Å²) >= 11 is 0. The van der Waals surface area contributed by atoms with Crippen molar-refractivity contribution in [3.8, 4) is 0 Å². The summed E-state index contributed by atoms with van der Waals surface area (Å²) in [7, 11) is 1.95. The Labute approximate surface area is 79.7 Å². The average Bonchev–Trinajstić information content (AvgIpc) is 2.15. The van der Waals surface area contributed by atoms with E-state index in [9.17, 15) is 0 Å². The third kappa shape index (κ3) is 4.05. The van der Waals surface area contributed by atoms with Crippen LogP contribution in [0.15, 0.2) is 17.3 Å². The smallest absolute Gasteiger partial charge is 0.111 e. The van der Waals surface area contributed by atoms with Gasteiger partial charge < -0.3 is 10.2 Å². The van der Waals surface area contributed by atoms with Crippen LogP contribution in [0.4, 0.5) is 0 Å². The van der Waals surface area contributed by atoms with Crippen molar-refractivity contribution in [1.82, 2.24) is 15.5 Å². The molecule has 1 heterocycles. The average molecular weight is 182 g/mol. The maximum Gasteiger partial charge on any atom is 0.111 e. The van der Waals surface area contributed by atoms with Crippen LogP contribution in [0, 0.1) is 0 Å². The van der Waals surface area contributed by atoms with E-state index in [2.05, 4.69) is 26.7 Å². The topological polar surface area (TPSA) is 39.7 Å². The Morgan fingerprint density at radius 2 is 2.38 bits per heavy atom. The van der Waals surface area contributed by atoms with Crippen LogP contribution in [0.25, 0.3) is 0 Å². The third-order valence-electron chi connectivity index (χ3n) is 1.89. The van der Waals surface area contributed by atoms with E-state index >= 15 is 0 Å². The molecule has 0 fully saturated rings. The number of hydrogen-bond donors (Lipinski definition) is 2. The van der Waals surface area contributed by atoms with Crippen molar-refractivity contribution in [2.24, 2.45) is 4.99 Å². The Kier molecular flexibility index (Phi) is 4.49. The van der Waals surface area contributed by atoms with Gasteiger partial charge in [-0.2, -0.15) is 0 Å². The lowest BCUT2D eigenvalue weighted by molar-refractivity contribution is 0.351. The van der Waals surface area contributed by atoms with Crippen molar-refractivity contribution in [2.75, 3.05) is 33.5 Å². The molecule has 0 radical (unpaired) electrons. The first-order valence-corrected chi connectivity index (χ1v) is 4.61. The first-order chi connectivity index (χ1) is 6.33. The minimum Gasteiger partial charge on any atom is -0.346 e. The second kappa shape index (κ2) is 5.72. The summed E-state index contributed by atoms with van der Waals surface area (Å²) in [6, 6.07) is 0. The lowest BCUT2D eigenvalue weighted by atomic mass is 10.4. The van der Waals surface area contributed by atoms with Gasteiger partial charge in [-0.25, -0.2) is 0 Å². The highest BCUT2D eigenvalue weighted by atomic mass is 15.3. The minimum absolute atomic E-state index is 0.773. The lowest BCUT2D eigenvalue weighted by Crippen LogP contribution is -2.35. The predicted octanol–water partition coefficient (Wildman–Crippen LogP) is 0.000600. The molecule has 1 aliphatic rings. The van der Waals surface area contributed by atoms with Crippen LogP contribution in [-0.4, -0.2) is 44.1 Å². The van der Waals surface area contributed by atoms with Crippen molar-refractivity contribution < 1.29 is 0 Å². The predicted molar refractivity (Wildman–Crippen MR) is 55.8 cm³/mol. The van der Waals surface area contributed by atoms with E-state index in [-0.39, 0.29) is 0 Å². The highest BCUT2D eigenvalue weighted by molar-refractivity contribution is 5.93. The molecule has 0 saturated heterocycles. The number of allylic oxidation sites excluding steroid dienone is 1. The first kappa shape index (κ1) is 10.2. The lowest BCUT2D eigenvalue weighted by Gasteiger charge is -2.21. The highest BCUT2D eigenvalue weighted by Crippen LogP contribution is 1.96. The molecule has 1 aliphatic heterocycles. The fraction of sp³-hybridized carbons (Fsp3) is 0.667. The molecule has 2 N–H and O–H groups in total. The molecule has 4 heteroatoms. The van der Waals surface area contributed by atoms with Crippen LogP contribution in [0.5, 0.6) is 0 Å². The summed E-state index contributed by atoms with van der Waals surface area (Å²) in [5.41, 5.74) is 1.10. The molecule has 0 bridgehead atoms. The van der Waals surface area contributed by atoms with Gasteiger partial charge in [0.05, 0.1) is 6.67 Å². The van der Waals surface area contributed by atoms with E-state index in [1.54, 1.807) is 0 Å². The van der Waals surface area contributed by atoms with Gasteiger partial charge in [0.2, 0.25) is 0 Å². The van der Waals surface area contributed by atoms with Gasteiger partial charge in [0.1, 0.15) is 6.67 Å². The van der Waals surface area contributed by atoms with Gasteiger partial charge in [0, 0.05) is 25.0 Å². The minimum atomic E-state index is 0.773. The van der Waals surface area contributed by atoms with Crippen LogP contribution in [0.1, 0.15) is 6.92 Å². The quantitative estimate of drug-likeness (QED) is 0.588. The van der Waals surface area contributed by atoms with Crippen molar-refractivity contribution in [3.63, 3.8) is 0 Å². The molecule has 0 aliphatic carbocycles. The third-order valence-corrected chi connectivity index (χ3v) is 1.89. The second-order valence-corrected chi connectivity index (χ2v) is 3.11. The summed E-state index contributed by atoms with van der Waals surface area (Å²) in [6.07, 6.45) is 4.11. The first-order valence-electron chi connectivity index (χ1n) is 4.61. The van der Waals surface area contributed by atoms with Crippen LogP contribution in [-0.2, 0) is 0 Å². The summed E-state index contributed by atoms with van der Waals surface area (Å²) in [6.45, 7) is 5.65. The molecule has 0 aromatic carbocycles. The number of nitrogens with zero attached hydrogens (tertiary/aromatic N) is 2. The normalized spacial score (nSPS) is 16.2. The van der Waals surface area contributed by atoms with Gasteiger partial charge in [-0.3, -0.25) is 10.3 Å². The van der Waals surface area contributed by atoms with E-state index in [0.717, 1.165) is 32.1 Å². The largest absolute Gasteiger partial charge is 0.346 e. The second-order valence-electron chi connectivity index (χ2n) is 3.11. The summed E-state index contributed by atoms with van der Waals surface area (Å²) in [5, 5.41) is 6.40. The standard InChI is InChI=1S/C9H18N4/c1-9-3-6-13(8-12-9)7-11-5-4-10-2/h3,6,10-11H,4-5,7-8H2,1-2H3. The van der Waals surface area contributed by atoms with Crippen LogP contribution >= 0.6 is 0 Å². The van der Waals surface area contributed by atoms with Gasteiger partial charge in [-0.15, -0.1) is 0 Å². The monoisotopic (exact) mass is 182 g/mol. The van der Waals surface area contributed by atoms with E-state index < -0.39 is 0 Å². The number of rotatable bonds is 5. The van der Waals surface area contributed by atoms with Gasteiger partial charge in [0.25, 0.3) is 0 Å². The Hall–Kier alpha value is -0.870. The molecule has 0 atom stereocenters. The number of aliphatic imine (C=N–C) groups is 1. The fourth-order valence-electron chi connectivity index (χ4n) is 1.05. The van der Waals surface area contributed by atoms with Crippen molar-refractivity contribution in [1.29, 1.82) is 0 Å². The molecule has 74 valence electrons. The highest BCUT2D eigenvalue weighted by Gasteiger charge is 2.00. The van der Waals surface area contributed by atoms with Gasteiger partial charge >= 0.3 is 0 Å². The van der Waals surface area contributed by atoms with Crippen LogP contribution < -0.4 is 10.6 Å². The molecular formula is C9H18N4. The molecular weight excluding hydrogens is 164 g/mol. The zero-order valence-electron chi connectivity index (χ0n) is 8.38. The molecule has 4 nitrogen and oxygen atoms in total. The van der Waals surface area contributed by atoms with Gasteiger partial charge in [-0.05, 0) is 20.0 Å². The number of likely N-dealkylation sites (N-methyl/N-ethyl adjacent to an activating group) is 1. The van der Waals surface area contributed by atoms with E-state index in [4.69, 9.17) is 0 Å². The fourth-order valence-corrected chi connectivity index (χ4v) is 1.05. The van der Waals surface area contributed by atoms with Crippen LogP contribution in [0.2, 0.25) is 0 Å². The van der Waals surface area contributed by atoms with E-state index in [1.165, 1.54) is 0 Å². The zero-order chi connectivity index (χ0) is 9.52. The Morgan fingerprint density at radius 3 is 3.00 bits per heavy atom. The number of nitrogens with one attached hydrogen (secondary N) is 2. The zero-order valence-corrected chi connectivity index (χ0v) is 8.38. The molecule has 13 heavy (non-hydrogen) atoms. The summed E-state index contributed by atoms with van der Waals surface area (Å²) in [4.78, 5) is 6.45. The molecule has 0 unspecified atom stereocenters. The molecule has 1 rings (SSSR count). The Bertz CT molecular complexity index is 198. The van der Waals surface area contributed by atoms with Crippen LogP contribution in [0.3, 0.4) is 0 Å². The Balaban J connectivity index is 2.07. The number of hydrogen-bond acceptors (Lipinski definition) is 4. The molecule has 0 spiro atoms. The molecule has 0 amide bonds. The summed E-state index contributed by atoms with van der Waals surface area (Å²) in [5.74, 6) is 0. The van der Waals surface area contributed by atoms with E-state index in [0.29, 0.717) is 0 Å². The molecule has 0 saturated carbocycles. The van der Waals surface area contributed by atoms with Gasteiger partial charge in [-0.1, -0.05) is 0 Å². The maximum absolute atomic E-state index is 4.31. The molecule has 0 aromatic rings. The SMILES string of the molecule is CNCCNCN1C=CC(C)=NC1. The van der Waals surface area contributed by atoms with Gasteiger partial charge in [0.15, 0.2) is 0 Å². The molecule has 0 aromatic heterocycles. The Morgan fingerprint density at radius 1 is 1.54 bits per heavy atom. The summed E-state index contributed by atoms with van der Waals surface area (Å²) < 4.78 is 0. The van der Waals surface area contributed by atoms with Crippen molar-refractivity contribution >= 4 is 5.71 Å². The maximum atomic E-state index is 4.31. The van der Waals surface area contributed by atoms with Crippen molar-refractivity contribution in [3.05, 3.63) is 12.3 Å².